The van der Waals surface area contributed by atoms with Crippen LogP contribution in [0.1, 0.15) is 58.1 Å². The van der Waals surface area contributed by atoms with Crippen molar-refractivity contribution in [3.05, 3.63) is 18.2 Å². The number of aliphatic carboxylic acids is 1. The third-order valence-corrected chi connectivity index (χ3v) is 5.55. The Balaban J connectivity index is 3.05. The van der Waals surface area contributed by atoms with Crippen LogP contribution in [0.2, 0.25) is 0 Å². The average molecular weight is 525 g/mol. The third kappa shape index (κ3) is 12.3. The molecule has 0 saturated carbocycles. The Bertz CT molecular complexity index is 892. The first kappa shape index (κ1) is 31.5. The lowest BCUT2D eigenvalue weighted by atomic mass is 10.0. The van der Waals surface area contributed by atoms with Crippen LogP contribution in [0.5, 0.6) is 0 Å². The number of aromatic amines is 1. The quantitative estimate of drug-likeness (QED) is 0.101. The van der Waals surface area contributed by atoms with Gasteiger partial charge in [-0.05, 0) is 44.6 Å². The summed E-state index contributed by atoms with van der Waals surface area (Å²) in [4.78, 5) is 68.5. The van der Waals surface area contributed by atoms with Gasteiger partial charge in [-0.3, -0.25) is 19.2 Å². The van der Waals surface area contributed by atoms with Crippen molar-refractivity contribution in [3.63, 3.8) is 0 Å². The van der Waals surface area contributed by atoms with Gasteiger partial charge in [0.1, 0.15) is 18.1 Å². The van der Waals surface area contributed by atoms with E-state index in [1.165, 1.54) is 12.5 Å². The molecule has 4 unspecified atom stereocenters. The van der Waals surface area contributed by atoms with E-state index in [4.69, 9.17) is 17.2 Å². The van der Waals surface area contributed by atoms with Gasteiger partial charge in [0.2, 0.25) is 23.6 Å². The summed E-state index contributed by atoms with van der Waals surface area (Å²) in [7, 11) is 0. The van der Waals surface area contributed by atoms with Crippen LogP contribution in [-0.4, -0.2) is 75.4 Å². The molecule has 0 radical (unpaired) electrons. The van der Waals surface area contributed by atoms with Crippen LogP contribution in [0.15, 0.2) is 12.5 Å². The SMILES string of the molecule is CC(C)CC(N)C(=O)NC(Cc1cnc[nH]1)C(=O)NC(CCC(N)=O)C(=O)NC(CCCCN)C(=O)O. The van der Waals surface area contributed by atoms with E-state index in [2.05, 4.69) is 25.9 Å². The molecule has 4 atom stereocenters. The smallest absolute Gasteiger partial charge is 0.326 e. The number of nitrogens with one attached hydrogen (secondary N) is 4. The van der Waals surface area contributed by atoms with E-state index >= 15 is 0 Å². The van der Waals surface area contributed by atoms with Crippen molar-refractivity contribution in [2.75, 3.05) is 6.54 Å². The lowest BCUT2D eigenvalue weighted by Gasteiger charge is -2.25. The number of rotatable bonds is 18. The summed E-state index contributed by atoms with van der Waals surface area (Å²) in [5.74, 6) is -3.86. The van der Waals surface area contributed by atoms with Gasteiger partial charge in [-0.25, -0.2) is 9.78 Å². The number of H-pyrrole nitrogens is 1. The van der Waals surface area contributed by atoms with Crippen LogP contribution in [0.3, 0.4) is 0 Å². The average Bonchev–Trinajstić information content (AvgIpc) is 3.32. The number of carbonyl (C=O) groups is 5. The Kier molecular flexibility index (Phi) is 13.9. The summed E-state index contributed by atoms with van der Waals surface area (Å²) in [6.45, 7) is 4.19. The van der Waals surface area contributed by atoms with E-state index in [0.29, 0.717) is 31.5 Å². The van der Waals surface area contributed by atoms with Crippen LogP contribution in [-0.2, 0) is 30.4 Å². The highest BCUT2D eigenvalue weighted by Gasteiger charge is 2.31. The summed E-state index contributed by atoms with van der Waals surface area (Å²) in [6, 6.07) is -4.46. The van der Waals surface area contributed by atoms with E-state index in [0.717, 1.165) is 0 Å². The Morgan fingerprint density at radius 3 is 2.14 bits per heavy atom. The monoisotopic (exact) mass is 524 g/mol. The Labute approximate surface area is 215 Å². The Morgan fingerprint density at radius 2 is 1.59 bits per heavy atom. The number of primary amides is 1. The lowest BCUT2D eigenvalue weighted by molar-refractivity contribution is -0.142. The molecule has 0 aromatic carbocycles. The molecule has 37 heavy (non-hydrogen) atoms. The van der Waals surface area contributed by atoms with Crippen molar-refractivity contribution in [2.24, 2.45) is 23.1 Å². The zero-order chi connectivity index (χ0) is 28.0. The molecule has 0 fully saturated rings. The number of aromatic nitrogens is 2. The fourth-order valence-electron chi connectivity index (χ4n) is 3.57. The molecule has 4 amide bonds. The van der Waals surface area contributed by atoms with E-state index in [-0.39, 0.29) is 31.6 Å². The maximum absolute atomic E-state index is 13.2. The number of carboxylic acids is 1. The number of nitrogens with two attached hydrogens (primary N) is 3. The molecule has 14 nitrogen and oxygen atoms in total. The molecule has 1 rings (SSSR count). The highest BCUT2D eigenvalue weighted by molar-refractivity contribution is 5.94. The van der Waals surface area contributed by atoms with Gasteiger partial charge in [-0.2, -0.15) is 0 Å². The summed E-state index contributed by atoms with van der Waals surface area (Å²) in [5.41, 5.74) is 17.2. The number of carbonyl (C=O) groups excluding carboxylic acids is 4. The predicted octanol–water partition coefficient (Wildman–Crippen LogP) is -1.74. The van der Waals surface area contributed by atoms with Crippen LogP contribution < -0.4 is 33.2 Å². The molecule has 0 aliphatic carbocycles. The molecule has 0 bridgehead atoms. The fraction of sp³-hybridized carbons (Fsp3) is 0.652. The van der Waals surface area contributed by atoms with Crippen LogP contribution in [0.25, 0.3) is 0 Å². The maximum Gasteiger partial charge on any atom is 0.326 e. The number of amides is 4. The van der Waals surface area contributed by atoms with Gasteiger partial charge in [-0.15, -0.1) is 0 Å². The first-order valence-electron chi connectivity index (χ1n) is 12.3. The second kappa shape index (κ2) is 16.3. The zero-order valence-corrected chi connectivity index (χ0v) is 21.4. The molecule has 0 spiro atoms. The van der Waals surface area contributed by atoms with Crippen molar-refractivity contribution in [1.82, 2.24) is 25.9 Å². The molecule has 208 valence electrons. The van der Waals surface area contributed by atoms with E-state index < -0.39 is 53.8 Å². The number of carboxylic acid groups (broad SMARTS) is 1. The molecular weight excluding hydrogens is 484 g/mol. The summed E-state index contributed by atoms with van der Waals surface area (Å²) < 4.78 is 0. The van der Waals surface area contributed by atoms with Crippen LogP contribution in [0.4, 0.5) is 0 Å². The summed E-state index contributed by atoms with van der Waals surface area (Å²) >= 11 is 0. The molecular formula is C23H40N8O6. The first-order valence-corrected chi connectivity index (χ1v) is 12.3. The van der Waals surface area contributed by atoms with Gasteiger partial charge in [-0.1, -0.05) is 13.8 Å². The second-order valence-corrected chi connectivity index (χ2v) is 9.33. The highest BCUT2D eigenvalue weighted by Crippen LogP contribution is 2.07. The summed E-state index contributed by atoms with van der Waals surface area (Å²) in [5, 5.41) is 17.0. The molecule has 1 aromatic rings. The van der Waals surface area contributed by atoms with Gasteiger partial charge >= 0.3 is 5.97 Å². The molecule has 0 saturated heterocycles. The van der Waals surface area contributed by atoms with Crippen molar-refractivity contribution < 1.29 is 29.1 Å². The lowest BCUT2D eigenvalue weighted by Crippen LogP contribution is -2.57. The fourth-order valence-corrected chi connectivity index (χ4v) is 3.57. The topological polar surface area (TPSA) is 248 Å². The van der Waals surface area contributed by atoms with E-state index in [9.17, 15) is 29.1 Å². The minimum atomic E-state index is -1.28. The molecule has 1 aromatic heterocycles. The normalized spacial score (nSPS) is 14.3. The Morgan fingerprint density at radius 1 is 0.973 bits per heavy atom. The van der Waals surface area contributed by atoms with Crippen LogP contribution >= 0.6 is 0 Å². The predicted molar refractivity (Wildman–Crippen MR) is 134 cm³/mol. The highest BCUT2D eigenvalue weighted by atomic mass is 16.4. The minimum absolute atomic E-state index is 0.0208. The minimum Gasteiger partial charge on any atom is -0.480 e. The number of unbranched alkanes of at least 4 members (excludes halogenated alkanes) is 1. The van der Waals surface area contributed by atoms with Gasteiger partial charge in [0.15, 0.2) is 0 Å². The third-order valence-electron chi connectivity index (χ3n) is 5.55. The summed E-state index contributed by atoms with van der Waals surface area (Å²) in [6.07, 6.45) is 4.10. The number of hydrogen-bond donors (Lipinski definition) is 8. The number of nitrogens with zero attached hydrogens (tertiary/aromatic N) is 1. The Hall–Kier alpha value is -3.52. The molecule has 0 aliphatic heterocycles. The van der Waals surface area contributed by atoms with Crippen molar-refractivity contribution in [1.29, 1.82) is 0 Å². The van der Waals surface area contributed by atoms with Crippen molar-refractivity contribution in [3.8, 4) is 0 Å². The second-order valence-electron chi connectivity index (χ2n) is 9.33. The van der Waals surface area contributed by atoms with E-state index in [1.807, 2.05) is 13.8 Å². The number of imidazole rings is 1. The largest absolute Gasteiger partial charge is 0.480 e. The first-order chi connectivity index (χ1) is 17.4. The maximum atomic E-state index is 13.2. The standard InChI is InChI=1S/C23H40N8O6/c1-13(2)9-15(25)20(33)31-18(10-14-11-27-12-28-14)22(35)29-16(6-7-19(26)32)21(34)30-17(23(36)37)5-3-4-8-24/h11-13,15-18H,3-10,24-25H2,1-2H3,(H2,26,32)(H,27,28)(H,29,35)(H,30,34)(H,31,33)(H,36,37). The van der Waals surface area contributed by atoms with Gasteiger partial charge in [0, 0.05) is 24.7 Å². The van der Waals surface area contributed by atoms with E-state index in [1.54, 1.807) is 0 Å². The molecule has 11 N–H and O–H groups in total. The number of hydrogen-bond acceptors (Lipinski definition) is 8. The molecule has 14 heteroatoms. The van der Waals surface area contributed by atoms with Gasteiger partial charge in [0.25, 0.3) is 0 Å². The van der Waals surface area contributed by atoms with Gasteiger partial charge < -0.3 is 43.2 Å². The molecule has 1 heterocycles. The zero-order valence-electron chi connectivity index (χ0n) is 21.4. The van der Waals surface area contributed by atoms with Crippen LogP contribution in [0, 0.1) is 5.92 Å². The molecule has 0 aliphatic rings. The van der Waals surface area contributed by atoms with Gasteiger partial charge in [0.05, 0.1) is 12.4 Å². The van der Waals surface area contributed by atoms with Crippen molar-refractivity contribution >= 4 is 29.6 Å². The van der Waals surface area contributed by atoms with Crippen molar-refractivity contribution in [2.45, 2.75) is 83.0 Å².